The molecule has 0 fully saturated rings. The van der Waals surface area contributed by atoms with Crippen LogP contribution in [0.3, 0.4) is 0 Å². The second-order valence-corrected chi connectivity index (χ2v) is 9.06. The number of hydrogen-bond acceptors (Lipinski definition) is 9. The van der Waals surface area contributed by atoms with Gasteiger partial charge >= 0.3 is 11.9 Å². The number of carbonyl (C=O) groups is 3. The summed E-state index contributed by atoms with van der Waals surface area (Å²) in [5.41, 5.74) is 2.33. The molecule has 2 aliphatic rings. The minimum Gasteiger partial charge on any atom is -0.505 e. The van der Waals surface area contributed by atoms with E-state index in [0.29, 0.717) is 35.8 Å². The molecule has 204 valence electrons. The van der Waals surface area contributed by atoms with Crippen molar-refractivity contribution in [1.29, 1.82) is 0 Å². The molecule has 2 N–H and O–H groups in total. The summed E-state index contributed by atoms with van der Waals surface area (Å²) in [5, 5.41) is 12.8. The summed E-state index contributed by atoms with van der Waals surface area (Å²) in [6, 6.07) is 12.6. The zero-order valence-electron chi connectivity index (χ0n) is 21.0. The Labute approximate surface area is 233 Å². The predicted molar refractivity (Wildman–Crippen MR) is 145 cm³/mol. The highest BCUT2D eigenvalue weighted by atomic mass is 35.5. The molecule has 0 atom stereocenters. The lowest BCUT2D eigenvalue weighted by Crippen LogP contribution is -2.38. The zero-order chi connectivity index (χ0) is 28.1. The van der Waals surface area contributed by atoms with Crippen LogP contribution in [-0.2, 0) is 9.47 Å². The second-order valence-electron chi connectivity index (χ2n) is 8.25. The van der Waals surface area contributed by atoms with Crippen LogP contribution in [0, 0.1) is 0 Å². The molecule has 3 aromatic rings. The van der Waals surface area contributed by atoms with Crippen molar-refractivity contribution in [3.8, 4) is 17.2 Å². The van der Waals surface area contributed by atoms with Gasteiger partial charge in [0.2, 0.25) is 0 Å². The van der Waals surface area contributed by atoms with Crippen LogP contribution >= 0.6 is 23.2 Å². The monoisotopic (exact) mass is 574 g/mol. The van der Waals surface area contributed by atoms with Gasteiger partial charge in [0.15, 0.2) is 5.75 Å². The number of fused-ring (bicyclic) bond motifs is 2. The Hall–Kier alpha value is -4.15. The highest BCUT2D eigenvalue weighted by molar-refractivity contribution is 6.37. The molecule has 0 radical (unpaired) electrons. The average molecular weight is 575 g/mol. The SMILES string of the molecule is COC(=O)c1ccc2c(c1)N(C(=O)c1cc(Cl)c(O)c(Cl)c1)CCO2.COC(=O)c1ccc2c(c1)NCCO2. The van der Waals surface area contributed by atoms with Gasteiger partial charge in [0.25, 0.3) is 5.91 Å². The lowest BCUT2D eigenvalue weighted by molar-refractivity contribution is 0.0592. The van der Waals surface area contributed by atoms with Crippen LogP contribution < -0.4 is 19.7 Å². The first-order valence-corrected chi connectivity index (χ1v) is 12.4. The number of phenolic OH excluding ortho intramolecular Hbond substituents is 1. The number of nitrogens with one attached hydrogen (secondary N) is 1. The van der Waals surface area contributed by atoms with Crippen molar-refractivity contribution in [3.05, 3.63) is 75.3 Å². The largest absolute Gasteiger partial charge is 0.505 e. The van der Waals surface area contributed by atoms with Crippen LogP contribution in [0.15, 0.2) is 48.5 Å². The third kappa shape index (κ3) is 6.13. The predicted octanol–water partition coefficient (Wildman–Crippen LogP) is 4.80. The Morgan fingerprint density at radius 1 is 0.846 bits per heavy atom. The molecular weight excluding hydrogens is 551 g/mol. The molecule has 5 rings (SSSR count). The van der Waals surface area contributed by atoms with Gasteiger partial charge in [-0.05, 0) is 48.5 Å². The van der Waals surface area contributed by atoms with E-state index >= 15 is 0 Å². The maximum absolute atomic E-state index is 12.9. The van der Waals surface area contributed by atoms with Gasteiger partial charge in [0, 0.05) is 12.1 Å². The number of halogens is 2. The fourth-order valence-corrected chi connectivity index (χ4v) is 4.39. The van der Waals surface area contributed by atoms with Crippen molar-refractivity contribution in [3.63, 3.8) is 0 Å². The van der Waals surface area contributed by atoms with Crippen LogP contribution in [0.25, 0.3) is 0 Å². The molecule has 0 bridgehead atoms. The molecular formula is C27H24Cl2N2O8. The van der Waals surface area contributed by atoms with Crippen molar-refractivity contribution in [2.24, 2.45) is 0 Å². The first kappa shape index (κ1) is 27.9. The molecule has 0 saturated heterocycles. The van der Waals surface area contributed by atoms with E-state index in [1.165, 1.54) is 37.3 Å². The minimum atomic E-state index is -0.517. The average Bonchev–Trinajstić information content (AvgIpc) is 2.97. The van der Waals surface area contributed by atoms with Crippen molar-refractivity contribution in [1.82, 2.24) is 0 Å². The number of benzene rings is 3. The maximum Gasteiger partial charge on any atom is 0.337 e. The molecule has 1 amide bonds. The summed E-state index contributed by atoms with van der Waals surface area (Å²) in [7, 11) is 2.65. The highest BCUT2D eigenvalue weighted by Crippen LogP contribution is 2.36. The fourth-order valence-electron chi connectivity index (χ4n) is 3.90. The summed E-state index contributed by atoms with van der Waals surface area (Å²) in [6.45, 7) is 2.00. The number of methoxy groups -OCH3 is 2. The number of amides is 1. The fraction of sp³-hybridized carbons (Fsp3) is 0.222. The highest BCUT2D eigenvalue weighted by Gasteiger charge is 2.27. The molecule has 10 nitrogen and oxygen atoms in total. The summed E-state index contributed by atoms with van der Waals surface area (Å²) < 4.78 is 20.2. The Morgan fingerprint density at radius 2 is 1.44 bits per heavy atom. The number of rotatable bonds is 3. The molecule has 0 spiro atoms. The summed E-state index contributed by atoms with van der Waals surface area (Å²) in [4.78, 5) is 37.3. The van der Waals surface area contributed by atoms with Crippen molar-refractivity contribution >= 4 is 52.4 Å². The van der Waals surface area contributed by atoms with Crippen molar-refractivity contribution in [2.75, 3.05) is 50.7 Å². The number of anilines is 2. The standard InChI is InChI=1S/C17H13Cl2NO5.C10H11NO3/c1-24-17(23)9-2-3-14-13(8-9)20(4-5-25-14)16(22)10-6-11(18)15(21)12(19)7-10;1-13-10(12)7-2-3-9-8(6-7)11-4-5-14-9/h2-3,6-8,21H,4-5H2,1H3;2-3,6,11H,4-5H2,1H3. The molecule has 0 saturated carbocycles. The Morgan fingerprint density at radius 3 is 2.08 bits per heavy atom. The number of ether oxygens (including phenoxy) is 4. The topological polar surface area (TPSA) is 124 Å². The number of nitrogens with zero attached hydrogens (tertiary/aromatic N) is 1. The third-order valence-electron chi connectivity index (χ3n) is 5.83. The van der Waals surface area contributed by atoms with Gasteiger partial charge in [-0.3, -0.25) is 4.79 Å². The molecule has 0 aliphatic carbocycles. The number of carbonyl (C=O) groups excluding carboxylic acids is 3. The van der Waals surface area contributed by atoms with Gasteiger partial charge in [-0.1, -0.05) is 23.2 Å². The van der Waals surface area contributed by atoms with Crippen LogP contribution in [-0.4, -0.2) is 63.5 Å². The van der Waals surface area contributed by atoms with Crippen molar-refractivity contribution in [2.45, 2.75) is 0 Å². The van der Waals surface area contributed by atoms with Crippen LogP contribution in [0.4, 0.5) is 11.4 Å². The summed E-state index contributed by atoms with van der Waals surface area (Å²) in [5.74, 6) is -0.255. The van der Waals surface area contributed by atoms with E-state index in [0.717, 1.165) is 18.0 Å². The van der Waals surface area contributed by atoms with E-state index in [4.69, 9.17) is 37.4 Å². The van der Waals surface area contributed by atoms with Crippen LogP contribution in [0.1, 0.15) is 31.1 Å². The summed E-state index contributed by atoms with van der Waals surface area (Å²) >= 11 is 11.8. The second kappa shape index (κ2) is 12.1. The molecule has 2 aliphatic heterocycles. The zero-order valence-corrected chi connectivity index (χ0v) is 22.5. The first-order chi connectivity index (χ1) is 18.7. The Bertz CT molecular complexity index is 1410. The van der Waals surface area contributed by atoms with Gasteiger partial charge in [-0.15, -0.1) is 0 Å². The van der Waals surface area contributed by atoms with E-state index in [-0.39, 0.29) is 39.8 Å². The molecule has 3 aromatic carbocycles. The van der Waals surface area contributed by atoms with Gasteiger partial charge in [0.1, 0.15) is 24.7 Å². The molecule has 39 heavy (non-hydrogen) atoms. The van der Waals surface area contributed by atoms with E-state index < -0.39 is 5.97 Å². The van der Waals surface area contributed by atoms with Gasteiger partial charge < -0.3 is 34.3 Å². The maximum atomic E-state index is 12.9. The summed E-state index contributed by atoms with van der Waals surface area (Å²) in [6.07, 6.45) is 0. The van der Waals surface area contributed by atoms with Crippen LogP contribution in [0.5, 0.6) is 17.2 Å². The number of aromatic hydroxyl groups is 1. The van der Waals surface area contributed by atoms with Gasteiger partial charge in [0.05, 0.1) is 53.3 Å². The normalized spacial score (nSPS) is 13.2. The quantitative estimate of drug-likeness (QED) is 0.424. The van der Waals surface area contributed by atoms with E-state index in [9.17, 15) is 19.5 Å². The number of phenols is 1. The van der Waals surface area contributed by atoms with Crippen LogP contribution in [0.2, 0.25) is 10.0 Å². The lowest BCUT2D eigenvalue weighted by Gasteiger charge is -2.30. The third-order valence-corrected chi connectivity index (χ3v) is 6.40. The number of esters is 2. The molecule has 2 heterocycles. The van der Waals surface area contributed by atoms with Gasteiger partial charge in [-0.2, -0.15) is 0 Å². The van der Waals surface area contributed by atoms with Gasteiger partial charge in [-0.25, -0.2) is 9.59 Å². The van der Waals surface area contributed by atoms with E-state index in [1.54, 1.807) is 30.3 Å². The smallest absolute Gasteiger partial charge is 0.337 e. The molecule has 0 unspecified atom stereocenters. The lowest BCUT2D eigenvalue weighted by atomic mass is 10.1. The first-order valence-electron chi connectivity index (χ1n) is 11.7. The minimum absolute atomic E-state index is 0.0207. The number of hydrogen-bond donors (Lipinski definition) is 2. The van der Waals surface area contributed by atoms with E-state index in [1.807, 2.05) is 0 Å². The Kier molecular flexibility index (Phi) is 8.68. The molecule has 12 heteroatoms. The van der Waals surface area contributed by atoms with E-state index in [2.05, 4.69) is 10.1 Å². The Balaban J connectivity index is 0.000000212. The van der Waals surface area contributed by atoms with Crippen molar-refractivity contribution < 1.29 is 38.4 Å². The molecule has 0 aromatic heterocycles.